The van der Waals surface area contributed by atoms with Crippen molar-refractivity contribution in [2.24, 2.45) is 0 Å². The van der Waals surface area contributed by atoms with Crippen LogP contribution in [0.25, 0.3) is 0 Å². The van der Waals surface area contributed by atoms with Crippen molar-refractivity contribution in [3.8, 4) is 0 Å². The molecule has 1 aromatic rings. The van der Waals surface area contributed by atoms with Crippen LogP contribution in [-0.2, 0) is 14.8 Å². The normalized spacial score (nSPS) is 11.1. The summed E-state index contributed by atoms with van der Waals surface area (Å²) in [7, 11) is -3.03. The summed E-state index contributed by atoms with van der Waals surface area (Å²) in [5, 5.41) is 0. The summed E-state index contributed by atoms with van der Waals surface area (Å²) in [5.41, 5.74) is 2.74. The van der Waals surface area contributed by atoms with Crippen molar-refractivity contribution in [1.82, 2.24) is 4.72 Å². The van der Waals surface area contributed by atoms with Crippen LogP contribution in [0, 0.1) is 13.8 Å². The summed E-state index contributed by atoms with van der Waals surface area (Å²) in [6, 6.07) is 8.36. The number of aryl methyl sites for hydroxylation is 2. The molecule has 0 aliphatic rings. The molecule has 0 unspecified atom stereocenters. The van der Waals surface area contributed by atoms with E-state index in [1.165, 1.54) is 11.1 Å². The zero-order valence-corrected chi connectivity index (χ0v) is 14.0. The van der Waals surface area contributed by atoms with Crippen LogP contribution in [0.4, 0.5) is 0 Å². The largest absolute Gasteiger partial charge is 0.379 e. The summed E-state index contributed by atoms with van der Waals surface area (Å²) >= 11 is 0. The maximum atomic E-state index is 10.6. The van der Waals surface area contributed by atoms with Crippen LogP contribution in [0.3, 0.4) is 0 Å². The molecule has 0 spiro atoms. The van der Waals surface area contributed by atoms with Gasteiger partial charge in [-0.05, 0) is 45.2 Å². The highest BCUT2D eigenvalue weighted by Crippen LogP contribution is 2.02. The first-order valence-corrected chi connectivity index (χ1v) is 8.70. The van der Waals surface area contributed by atoms with Gasteiger partial charge in [-0.3, -0.25) is 0 Å². The van der Waals surface area contributed by atoms with Crippen molar-refractivity contribution >= 4 is 10.0 Å². The molecule has 0 amide bonds. The third-order valence-corrected chi connectivity index (χ3v) is 3.29. The quantitative estimate of drug-likeness (QED) is 0.822. The average molecular weight is 301 g/mol. The molecule has 0 fully saturated rings. The molecule has 0 radical (unpaired) electrons. The van der Waals surface area contributed by atoms with Gasteiger partial charge in [-0.25, -0.2) is 13.1 Å². The molecule has 116 valence electrons. The molecule has 1 rings (SSSR count). The van der Waals surface area contributed by atoms with Gasteiger partial charge < -0.3 is 4.74 Å². The molecule has 20 heavy (non-hydrogen) atoms. The van der Waals surface area contributed by atoms with E-state index in [9.17, 15) is 8.42 Å². The van der Waals surface area contributed by atoms with Crippen molar-refractivity contribution in [1.29, 1.82) is 0 Å². The third-order valence-electron chi connectivity index (χ3n) is 2.56. The van der Waals surface area contributed by atoms with E-state index >= 15 is 0 Å². The Bertz CT molecular complexity index is 449. The van der Waals surface area contributed by atoms with E-state index in [4.69, 9.17) is 4.74 Å². The molecule has 4 nitrogen and oxygen atoms in total. The fourth-order valence-electron chi connectivity index (χ4n) is 1.31. The molecular formula is C15H27NO3S. The average Bonchev–Trinajstić information content (AvgIpc) is 2.31. The summed E-state index contributed by atoms with van der Waals surface area (Å²) < 4.78 is 28.8. The predicted molar refractivity (Wildman–Crippen MR) is 84.5 cm³/mol. The van der Waals surface area contributed by atoms with Gasteiger partial charge in [0.15, 0.2) is 0 Å². The van der Waals surface area contributed by atoms with E-state index in [0.29, 0.717) is 19.6 Å². The topological polar surface area (TPSA) is 55.4 Å². The van der Waals surface area contributed by atoms with Crippen LogP contribution in [0.15, 0.2) is 24.3 Å². The van der Waals surface area contributed by atoms with Gasteiger partial charge in [0.1, 0.15) is 0 Å². The molecule has 5 heteroatoms. The molecule has 0 aromatic heterocycles. The Labute approximate surface area is 123 Å². The van der Waals surface area contributed by atoms with E-state index in [1.54, 1.807) is 0 Å². The second kappa shape index (κ2) is 9.91. The maximum Gasteiger partial charge on any atom is 0.208 e. The Morgan fingerprint density at radius 2 is 1.65 bits per heavy atom. The zero-order valence-electron chi connectivity index (χ0n) is 13.1. The van der Waals surface area contributed by atoms with Gasteiger partial charge in [0.2, 0.25) is 10.0 Å². The van der Waals surface area contributed by atoms with Gasteiger partial charge in [0, 0.05) is 13.2 Å². The molecule has 0 saturated carbocycles. The Kier molecular flexibility index (Phi) is 9.46. The SMILES string of the molecule is CC(C)OCCCNS(C)(=O)=O.Cc1ccccc1C. The number of sulfonamides is 1. The number of ether oxygens (including phenoxy) is 1. The van der Waals surface area contributed by atoms with Crippen LogP contribution in [0.1, 0.15) is 31.4 Å². The van der Waals surface area contributed by atoms with Crippen LogP contribution < -0.4 is 4.72 Å². The number of hydrogen-bond donors (Lipinski definition) is 1. The molecule has 0 saturated heterocycles. The summed E-state index contributed by atoms with van der Waals surface area (Å²) in [6.07, 6.45) is 2.07. The maximum absolute atomic E-state index is 10.6. The second-order valence-electron chi connectivity index (χ2n) is 5.02. The van der Waals surface area contributed by atoms with Gasteiger partial charge in [-0.2, -0.15) is 0 Å². The van der Waals surface area contributed by atoms with Crippen molar-refractivity contribution in [3.63, 3.8) is 0 Å². The van der Waals surface area contributed by atoms with Crippen LogP contribution in [0.2, 0.25) is 0 Å². The molecule has 1 aromatic carbocycles. The van der Waals surface area contributed by atoms with Crippen LogP contribution >= 0.6 is 0 Å². The lowest BCUT2D eigenvalue weighted by Crippen LogP contribution is -2.24. The third kappa shape index (κ3) is 12.1. The molecule has 0 heterocycles. The first-order chi connectivity index (χ1) is 9.22. The van der Waals surface area contributed by atoms with Crippen molar-refractivity contribution in [3.05, 3.63) is 35.4 Å². The van der Waals surface area contributed by atoms with Gasteiger partial charge >= 0.3 is 0 Å². The number of hydrogen-bond acceptors (Lipinski definition) is 3. The lowest BCUT2D eigenvalue weighted by molar-refractivity contribution is 0.0778. The van der Waals surface area contributed by atoms with E-state index in [-0.39, 0.29) is 6.10 Å². The monoisotopic (exact) mass is 301 g/mol. The lowest BCUT2D eigenvalue weighted by Gasteiger charge is -2.06. The molecular weight excluding hydrogens is 274 g/mol. The second-order valence-corrected chi connectivity index (χ2v) is 6.86. The smallest absolute Gasteiger partial charge is 0.208 e. The Hall–Kier alpha value is -0.910. The van der Waals surface area contributed by atoms with Gasteiger partial charge in [0.25, 0.3) is 0 Å². The minimum absolute atomic E-state index is 0.211. The van der Waals surface area contributed by atoms with Crippen molar-refractivity contribution < 1.29 is 13.2 Å². The van der Waals surface area contributed by atoms with Crippen molar-refractivity contribution in [2.75, 3.05) is 19.4 Å². The van der Waals surface area contributed by atoms with E-state index < -0.39 is 10.0 Å². The molecule has 0 aliphatic carbocycles. The van der Waals surface area contributed by atoms with E-state index in [1.807, 2.05) is 13.8 Å². The number of nitrogens with one attached hydrogen (secondary N) is 1. The molecule has 0 bridgehead atoms. The van der Waals surface area contributed by atoms with Gasteiger partial charge in [0.05, 0.1) is 12.4 Å². The molecule has 1 N–H and O–H groups in total. The minimum atomic E-state index is -3.03. The fourth-order valence-corrected chi connectivity index (χ4v) is 1.83. The zero-order chi connectivity index (χ0) is 15.6. The van der Waals surface area contributed by atoms with Crippen LogP contribution in [0.5, 0.6) is 0 Å². The highest BCUT2D eigenvalue weighted by atomic mass is 32.2. The first-order valence-electron chi connectivity index (χ1n) is 6.81. The Morgan fingerprint density at radius 1 is 1.15 bits per heavy atom. The standard InChI is InChI=1S/C8H10.C7H17NO3S/c1-7-5-3-4-6-8(7)2;1-7(2)11-6-4-5-8-12(3,9)10/h3-6H,1-2H3;7-8H,4-6H2,1-3H3. The van der Waals surface area contributed by atoms with E-state index in [2.05, 4.69) is 42.8 Å². The molecule has 0 atom stereocenters. The highest BCUT2D eigenvalue weighted by Gasteiger charge is 1.98. The predicted octanol–water partition coefficient (Wildman–Crippen LogP) is 2.65. The summed E-state index contributed by atoms with van der Waals surface area (Å²) in [4.78, 5) is 0. The van der Waals surface area contributed by atoms with Crippen LogP contribution in [-0.4, -0.2) is 33.9 Å². The number of benzene rings is 1. The molecule has 0 aliphatic heterocycles. The van der Waals surface area contributed by atoms with Crippen molar-refractivity contribution in [2.45, 2.75) is 40.2 Å². The number of rotatable bonds is 6. The van der Waals surface area contributed by atoms with E-state index in [0.717, 1.165) is 6.26 Å². The lowest BCUT2D eigenvalue weighted by atomic mass is 10.1. The first kappa shape index (κ1) is 19.1. The van der Waals surface area contributed by atoms with Gasteiger partial charge in [-0.15, -0.1) is 0 Å². The summed E-state index contributed by atoms with van der Waals surface area (Å²) in [6.45, 7) is 9.18. The Morgan fingerprint density at radius 3 is 2.00 bits per heavy atom. The summed E-state index contributed by atoms with van der Waals surface area (Å²) in [5.74, 6) is 0. The highest BCUT2D eigenvalue weighted by molar-refractivity contribution is 7.88. The Balaban J connectivity index is 0.000000388. The minimum Gasteiger partial charge on any atom is -0.379 e. The fraction of sp³-hybridized carbons (Fsp3) is 0.600. The van der Waals surface area contributed by atoms with Gasteiger partial charge in [-0.1, -0.05) is 24.3 Å².